The Morgan fingerprint density at radius 3 is 2.55 bits per heavy atom. The first-order valence-electron chi connectivity index (χ1n) is 6.38. The first kappa shape index (κ1) is 12.9. The predicted molar refractivity (Wildman–Crippen MR) is 83.2 cm³/mol. The normalized spacial score (nSPS) is 11.9. The molecule has 0 aliphatic rings. The van der Waals surface area contributed by atoms with Crippen molar-refractivity contribution in [3.8, 4) is 5.75 Å². The minimum Gasteiger partial charge on any atom is -0.477 e. The van der Waals surface area contributed by atoms with Crippen LogP contribution < -0.4 is 10.5 Å². The molecule has 1 amide bonds. The summed E-state index contributed by atoms with van der Waals surface area (Å²) < 4.78 is 8.09. The Hall–Kier alpha value is -2.07. The number of rotatable bonds is 3. The number of ether oxygens (including phenoxy) is 1. The van der Waals surface area contributed by atoms with E-state index in [-0.39, 0.29) is 0 Å². The highest BCUT2D eigenvalue weighted by Crippen LogP contribution is 2.39. The van der Waals surface area contributed by atoms with Crippen molar-refractivity contribution in [2.24, 2.45) is 5.73 Å². The molecule has 0 unspecified atom stereocenters. The van der Waals surface area contributed by atoms with Gasteiger partial charge in [-0.25, -0.2) is 0 Å². The van der Waals surface area contributed by atoms with Gasteiger partial charge < -0.3 is 10.5 Å². The molecule has 4 heteroatoms. The molecule has 0 spiro atoms. The lowest BCUT2D eigenvalue weighted by molar-refractivity contribution is -0.130. The first-order valence-corrected chi connectivity index (χ1v) is 7.20. The molecule has 2 N–H and O–H groups in total. The van der Waals surface area contributed by atoms with Crippen molar-refractivity contribution in [2.75, 3.05) is 0 Å². The summed E-state index contributed by atoms with van der Waals surface area (Å²) in [5.41, 5.74) is 4.35. The maximum atomic E-state index is 11.4. The molecule has 3 aromatic rings. The zero-order chi connectivity index (χ0) is 14.3. The SMILES string of the molecule is CC(C)(Oc1cccc2c1sc1ccccc12)C(N)=O. The molecule has 3 nitrogen and oxygen atoms in total. The summed E-state index contributed by atoms with van der Waals surface area (Å²) in [7, 11) is 0. The van der Waals surface area contributed by atoms with Crippen LogP contribution in [0.5, 0.6) is 5.75 Å². The number of primary amides is 1. The molecule has 0 radical (unpaired) electrons. The second-order valence-electron chi connectivity index (χ2n) is 5.21. The quantitative estimate of drug-likeness (QED) is 0.797. The summed E-state index contributed by atoms with van der Waals surface area (Å²) in [4.78, 5) is 11.4. The Morgan fingerprint density at radius 1 is 1.10 bits per heavy atom. The molecule has 20 heavy (non-hydrogen) atoms. The van der Waals surface area contributed by atoms with E-state index >= 15 is 0 Å². The lowest BCUT2D eigenvalue weighted by Gasteiger charge is -2.22. The summed E-state index contributed by atoms with van der Waals surface area (Å²) in [5, 5.41) is 2.35. The highest BCUT2D eigenvalue weighted by molar-refractivity contribution is 7.26. The van der Waals surface area contributed by atoms with Gasteiger partial charge in [0.1, 0.15) is 5.75 Å². The van der Waals surface area contributed by atoms with Crippen LogP contribution in [-0.2, 0) is 4.79 Å². The number of hydrogen-bond donors (Lipinski definition) is 1. The molecule has 1 aromatic heterocycles. The van der Waals surface area contributed by atoms with Gasteiger partial charge in [0.25, 0.3) is 5.91 Å². The highest BCUT2D eigenvalue weighted by Gasteiger charge is 2.28. The van der Waals surface area contributed by atoms with Gasteiger partial charge in [0.05, 0.1) is 4.70 Å². The van der Waals surface area contributed by atoms with Crippen LogP contribution in [0.2, 0.25) is 0 Å². The number of benzene rings is 2. The predicted octanol–water partition coefficient (Wildman–Crippen LogP) is 3.70. The van der Waals surface area contributed by atoms with Gasteiger partial charge >= 0.3 is 0 Å². The van der Waals surface area contributed by atoms with Crippen molar-refractivity contribution in [1.29, 1.82) is 0 Å². The fraction of sp³-hybridized carbons (Fsp3) is 0.188. The molecule has 3 rings (SSSR count). The van der Waals surface area contributed by atoms with Crippen LogP contribution >= 0.6 is 11.3 Å². The van der Waals surface area contributed by atoms with Gasteiger partial charge in [-0.15, -0.1) is 11.3 Å². The smallest absolute Gasteiger partial charge is 0.261 e. The summed E-state index contributed by atoms with van der Waals surface area (Å²) in [6, 6.07) is 14.1. The molecule has 0 bridgehead atoms. The lowest BCUT2D eigenvalue weighted by atomic mass is 10.1. The van der Waals surface area contributed by atoms with Crippen molar-refractivity contribution in [1.82, 2.24) is 0 Å². The Kier molecular flexibility index (Phi) is 2.91. The van der Waals surface area contributed by atoms with Gasteiger partial charge in [-0.1, -0.05) is 30.3 Å². The average Bonchev–Trinajstić information content (AvgIpc) is 2.78. The van der Waals surface area contributed by atoms with E-state index in [1.165, 1.54) is 10.1 Å². The van der Waals surface area contributed by atoms with Crippen LogP contribution in [0.15, 0.2) is 42.5 Å². The van der Waals surface area contributed by atoms with Crippen molar-refractivity contribution in [3.05, 3.63) is 42.5 Å². The number of hydrogen-bond acceptors (Lipinski definition) is 3. The van der Waals surface area contributed by atoms with Gasteiger partial charge in [-0.05, 0) is 26.0 Å². The van der Waals surface area contributed by atoms with E-state index < -0.39 is 11.5 Å². The van der Waals surface area contributed by atoms with E-state index in [9.17, 15) is 4.79 Å². The standard InChI is InChI=1S/C16H15NO2S/c1-16(2,15(17)18)19-12-8-5-7-11-10-6-3-4-9-13(10)20-14(11)12/h3-9H,1-2H3,(H2,17,18). The zero-order valence-electron chi connectivity index (χ0n) is 11.3. The van der Waals surface area contributed by atoms with E-state index in [0.717, 1.165) is 10.1 Å². The molecule has 0 aliphatic heterocycles. The second kappa shape index (κ2) is 4.49. The van der Waals surface area contributed by atoms with Gasteiger partial charge in [0.15, 0.2) is 5.60 Å². The number of thiophene rings is 1. The minimum absolute atomic E-state index is 0.476. The average molecular weight is 285 g/mol. The second-order valence-corrected chi connectivity index (χ2v) is 6.26. The van der Waals surface area contributed by atoms with E-state index in [0.29, 0.717) is 5.75 Å². The van der Waals surface area contributed by atoms with Crippen molar-refractivity contribution >= 4 is 37.4 Å². The first-order chi connectivity index (χ1) is 9.49. The van der Waals surface area contributed by atoms with Crippen molar-refractivity contribution < 1.29 is 9.53 Å². The number of nitrogens with two attached hydrogens (primary N) is 1. The monoisotopic (exact) mass is 285 g/mol. The summed E-state index contributed by atoms with van der Waals surface area (Å²) in [5.74, 6) is 0.225. The highest BCUT2D eigenvalue weighted by atomic mass is 32.1. The molecule has 0 saturated carbocycles. The van der Waals surface area contributed by atoms with Crippen LogP contribution in [0.25, 0.3) is 20.2 Å². The third-order valence-corrected chi connectivity index (χ3v) is 4.53. The van der Waals surface area contributed by atoms with E-state index in [4.69, 9.17) is 10.5 Å². The molecular weight excluding hydrogens is 270 g/mol. The maximum Gasteiger partial charge on any atom is 0.261 e. The number of carbonyl (C=O) groups excluding carboxylic acids is 1. The van der Waals surface area contributed by atoms with Gasteiger partial charge in [0.2, 0.25) is 0 Å². The molecule has 102 valence electrons. The summed E-state index contributed by atoms with van der Waals surface area (Å²) >= 11 is 1.66. The number of carbonyl (C=O) groups is 1. The molecule has 0 saturated heterocycles. The maximum absolute atomic E-state index is 11.4. The van der Waals surface area contributed by atoms with E-state index in [2.05, 4.69) is 18.2 Å². The Morgan fingerprint density at radius 2 is 1.80 bits per heavy atom. The molecule has 0 atom stereocenters. The van der Waals surface area contributed by atoms with Crippen LogP contribution in [0.1, 0.15) is 13.8 Å². The third-order valence-electron chi connectivity index (χ3n) is 3.33. The van der Waals surface area contributed by atoms with Crippen LogP contribution in [0.4, 0.5) is 0 Å². The zero-order valence-corrected chi connectivity index (χ0v) is 12.2. The van der Waals surface area contributed by atoms with E-state index in [1.54, 1.807) is 25.2 Å². The molecule has 0 fully saturated rings. The van der Waals surface area contributed by atoms with Gasteiger partial charge in [-0.3, -0.25) is 4.79 Å². The van der Waals surface area contributed by atoms with E-state index in [1.807, 2.05) is 24.3 Å². The number of amides is 1. The fourth-order valence-corrected chi connectivity index (χ4v) is 3.28. The van der Waals surface area contributed by atoms with Crippen LogP contribution in [0, 0.1) is 0 Å². The largest absolute Gasteiger partial charge is 0.477 e. The van der Waals surface area contributed by atoms with Crippen molar-refractivity contribution in [2.45, 2.75) is 19.4 Å². The van der Waals surface area contributed by atoms with Crippen molar-refractivity contribution in [3.63, 3.8) is 0 Å². The molecule has 0 aliphatic carbocycles. The molecule has 2 aromatic carbocycles. The molecular formula is C16H15NO2S. The minimum atomic E-state index is -1.02. The Balaban J connectivity index is 2.19. The topological polar surface area (TPSA) is 52.3 Å². The summed E-state index contributed by atoms with van der Waals surface area (Å²) in [6.07, 6.45) is 0. The fourth-order valence-electron chi connectivity index (χ4n) is 2.13. The Bertz CT molecular complexity index is 804. The summed E-state index contributed by atoms with van der Waals surface area (Å²) in [6.45, 7) is 3.36. The Labute approximate surface area is 121 Å². The molecule has 1 heterocycles. The lowest BCUT2D eigenvalue weighted by Crippen LogP contribution is -2.43. The van der Waals surface area contributed by atoms with Crippen LogP contribution in [0.3, 0.4) is 0 Å². The van der Waals surface area contributed by atoms with Gasteiger partial charge in [0, 0.05) is 15.5 Å². The van der Waals surface area contributed by atoms with Gasteiger partial charge in [-0.2, -0.15) is 0 Å². The number of fused-ring (bicyclic) bond motifs is 3. The van der Waals surface area contributed by atoms with Crippen LogP contribution in [-0.4, -0.2) is 11.5 Å². The third kappa shape index (κ3) is 2.02.